The molecule has 0 saturated carbocycles. The third kappa shape index (κ3) is 5.50. The smallest absolute Gasteiger partial charge is 0.378 e. The first kappa shape index (κ1) is 22.7. The van der Waals surface area contributed by atoms with Crippen molar-refractivity contribution in [2.24, 2.45) is 5.73 Å². The number of nitrogens with two attached hydrogens (primary N) is 1. The van der Waals surface area contributed by atoms with Gasteiger partial charge in [-0.1, -0.05) is 18.2 Å². The van der Waals surface area contributed by atoms with E-state index >= 15 is 0 Å². The molecule has 0 radical (unpaired) electrons. The number of primary amides is 1. The van der Waals surface area contributed by atoms with Gasteiger partial charge in [-0.05, 0) is 29.3 Å². The molecule has 0 bridgehead atoms. The molecule has 0 heterocycles. The summed E-state index contributed by atoms with van der Waals surface area (Å²) in [6.07, 6.45) is -6.85. The summed E-state index contributed by atoms with van der Waals surface area (Å²) in [5.74, 6) is -3.27. The number of nitro groups is 1. The van der Waals surface area contributed by atoms with E-state index in [1.54, 1.807) is 0 Å². The van der Waals surface area contributed by atoms with Gasteiger partial charge in [-0.3, -0.25) is 19.7 Å². The summed E-state index contributed by atoms with van der Waals surface area (Å²) in [7, 11) is 0. The monoisotopic (exact) mass is 429 g/mol. The van der Waals surface area contributed by atoms with Gasteiger partial charge in [0.2, 0.25) is 11.7 Å². The minimum absolute atomic E-state index is 0.108. The van der Waals surface area contributed by atoms with Crippen LogP contribution < -0.4 is 11.1 Å². The molecule has 12 heteroatoms. The molecule has 30 heavy (non-hydrogen) atoms. The number of benzene rings is 2. The minimum atomic E-state index is -4.60. The number of rotatable bonds is 7. The van der Waals surface area contributed by atoms with Crippen LogP contribution in [0.4, 0.5) is 23.2 Å². The number of alkyl halides is 3. The first-order valence-corrected chi connectivity index (χ1v) is 8.28. The fraction of sp³-hybridized carbons (Fsp3) is 0.222. The van der Waals surface area contributed by atoms with Crippen molar-refractivity contribution in [2.45, 2.75) is 24.7 Å². The van der Waals surface area contributed by atoms with Crippen molar-refractivity contribution in [2.75, 3.05) is 0 Å². The fourth-order valence-corrected chi connectivity index (χ4v) is 2.54. The minimum Gasteiger partial charge on any atom is -0.378 e. The lowest BCUT2D eigenvalue weighted by Gasteiger charge is -2.18. The van der Waals surface area contributed by atoms with Crippen LogP contribution in [0.3, 0.4) is 0 Å². The van der Waals surface area contributed by atoms with E-state index in [9.17, 15) is 42.4 Å². The zero-order valence-corrected chi connectivity index (χ0v) is 15.0. The fourth-order valence-electron chi connectivity index (χ4n) is 2.54. The predicted molar refractivity (Wildman–Crippen MR) is 94.3 cm³/mol. The van der Waals surface area contributed by atoms with Gasteiger partial charge in [0.25, 0.3) is 5.91 Å². The quantitative estimate of drug-likeness (QED) is 0.351. The zero-order chi connectivity index (χ0) is 22.6. The van der Waals surface area contributed by atoms with Crippen LogP contribution in [-0.2, 0) is 22.2 Å². The van der Waals surface area contributed by atoms with E-state index in [1.165, 1.54) is 0 Å². The van der Waals surface area contributed by atoms with Gasteiger partial charge in [-0.2, -0.15) is 17.6 Å². The van der Waals surface area contributed by atoms with Gasteiger partial charge in [0.1, 0.15) is 6.04 Å². The van der Waals surface area contributed by atoms with Gasteiger partial charge in [0, 0.05) is 12.5 Å². The Morgan fingerprint density at radius 2 is 1.77 bits per heavy atom. The zero-order valence-electron chi connectivity index (χ0n) is 15.0. The first-order chi connectivity index (χ1) is 13.9. The average molecular weight is 429 g/mol. The van der Waals surface area contributed by atoms with E-state index in [4.69, 9.17) is 5.73 Å². The van der Waals surface area contributed by atoms with Gasteiger partial charge >= 0.3 is 11.9 Å². The maximum Gasteiger partial charge on any atom is 0.416 e. The van der Waals surface area contributed by atoms with E-state index in [0.29, 0.717) is 12.1 Å². The summed E-state index contributed by atoms with van der Waals surface area (Å²) in [6, 6.07) is 4.55. The lowest BCUT2D eigenvalue weighted by molar-refractivity contribution is -0.387. The topological polar surface area (TPSA) is 136 Å². The second-order valence-corrected chi connectivity index (χ2v) is 6.23. The second kappa shape index (κ2) is 8.86. The SMILES string of the molecule is NC(=O)[C@H](Cc1ccc(F)c([N+](=O)[O-])c1)NC(=O)[C@@H](O)c1ccc(C(F)(F)F)cc1. The number of aliphatic hydroxyl groups excluding tert-OH is 1. The van der Waals surface area contributed by atoms with Crippen LogP contribution >= 0.6 is 0 Å². The highest BCUT2D eigenvalue weighted by molar-refractivity contribution is 5.89. The van der Waals surface area contributed by atoms with Crippen LogP contribution in [0.5, 0.6) is 0 Å². The number of halogens is 4. The highest BCUT2D eigenvalue weighted by Crippen LogP contribution is 2.30. The van der Waals surface area contributed by atoms with Crippen LogP contribution in [-0.4, -0.2) is 27.9 Å². The Balaban J connectivity index is 2.14. The van der Waals surface area contributed by atoms with Crippen LogP contribution in [0, 0.1) is 15.9 Å². The average Bonchev–Trinajstić information content (AvgIpc) is 2.67. The Labute approximate surface area is 166 Å². The Morgan fingerprint density at radius 3 is 2.27 bits per heavy atom. The second-order valence-electron chi connectivity index (χ2n) is 6.23. The van der Waals surface area contributed by atoms with Crippen LogP contribution in [0.2, 0.25) is 0 Å². The summed E-state index contributed by atoms with van der Waals surface area (Å²) < 4.78 is 51.2. The summed E-state index contributed by atoms with van der Waals surface area (Å²) >= 11 is 0. The summed E-state index contributed by atoms with van der Waals surface area (Å²) in [4.78, 5) is 33.7. The van der Waals surface area contributed by atoms with Crippen LogP contribution in [0.25, 0.3) is 0 Å². The number of carbonyl (C=O) groups is 2. The number of nitro benzene ring substituents is 1. The van der Waals surface area contributed by atoms with E-state index in [2.05, 4.69) is 5.32 Å². The molecule has 4 N–H and O–H groups in total. The van der Waals surface area contributed by atoms with Crippen molar-refractivity contribution in [3.63, 3.8) is 0 Å². The maximum atomic E-state index is 13.4. The van der Waals surface area contributed by atoms with Crippen molar-refractivity contribution in [1.29, 1.82) is 0 Å². The number of aliphatic hydroxyl groups is 1. The number of nitrogens with one attached hydrogen (secondary N) is 1. The molecule has 8 nitrogen and oxygen atoms in total. The molecule has 2 aromatic rings. The summed E-state index contributed by atoms with van der Waals surface area (Å²) in [5, 5.41) is 23.0. The highest BCUT2D eigenvalue weighted by Gasteiger charge is 2.31. The molecular formula is C18H15F4N3O5. The Bertz CT molecular complexity index is 963. The van der Waals surface area contributed by atoms with Gasteiger partial charge in [-0.15, -0.1) is 0 Å². The molecule has 2 rings (SSSR count). The van der Waals surface area contributed by atoms with Gasteiger partial charge in [-0.25, -0.2) is 0 Å². The number of carbonyl (C=O) groups excluding carboxylic acids is 2. The van der Waals surface area contributed by atoms with Crippen molar-refractivity contribution < 1.29 is 37.2 Å². The molecule has 2 amide bonds. The van der Waals surface area contributed by atoms with E-state index in [-0.39, 0.29) is 17.5 Å². The van der Waals surface area contributed by atoms with Crippen molar-refractivity contribution >= 4 is 17.5 Å². The third-order valence-corrected chi connectivity index (χ3v) is 4.11. The largest absolute Gasteiger partial charge is 0.416 e. The molecule has 0 saturated heterocycles. The lowest BCUT2D eigenvalue weighted by Crippen LogP contribution is -2.47. The maximum absolute atomic E-state index is 13.4. The third-order valence-electron chi connectivity index (χ3n) is 4.11. The molecule has 160 valence electrons. The first-order valence-electron chi connectivity index (χ1n) is 8.28. The molecule has 0 spiro atoms. The van der Waals surface area contributed by atoms with Crippen molar-refractivity contribution in [3.8, 4) is 0 Å². The summed E-state index contributed by atoms with van der Waals surface area (Å²) in [6.45, 7) is 0. The molecule has 2 atom stereocenters. The van der Waals surface area contributed by atoms with Crippen LogP contribution in [0.1, 0.15) is 22.8 Å². The molecular weight excluding hydrogens is 414 g/mol. The van der Waals surface area contributed by atoms with Crippen molar-refractivity contribution in [3.05, 3.63) is 75.1 Å². The Morgan fingerprint density at radius 1 is 1.17 bits per heavy atom. The van der Waals surface area contributed by atoms with E-state index in [1.807, 2.05) is 0 Å². The molecule has 0 aliphatic carbocycles. The normalized spacial score (nSPS) is 13.4. The number of hydrogen-bond acceptors (Lipinski definition) is 5. The van der Waals surface area contributed by atoms with Gasteiger partial charge < -0.3 is 16.2 Å². The molecule has 0 aliphatic rings. The number of nitrogens with zero attached hydrogens (tertiary/aromatic N) is 1. The standard InChI is InChI=1S/C18H15F4N3O5/c19-12-6-1-9(8-14(12)25(29)30)7-13(16(23)27)24-17(28)15(26)10-2-4-11(5-3-10)18(20,21)22/h1-6,8,13,15,26H,7H2,(H2,23,27)(H,24,28)/t13-,15-/m0/s1. The molecule has 0 unspecified atom stereocenters. The van der Waals surface area contributed by atoms with Crippen molar-refractivity contribution in [1.82, 2.24) is 5.32 Å². The molecule has 0 fully saturated rings. The van der Waals surface area contributed by atoms with E-state index in [0.717, 1.165) is 30.3 Å². The molecule has 0 aromatic heterocycles. The lowest BCUT2D eigenvalue weighted by atomic mass is 10.0. The van der Waals surface area contributed by atoms with Crippen LogP contribution in [0.15, 0.2) is 42.5 Å². The van der Waals surface area contributed by atoms with Gasteiger partial charge in [0.05, 0.1) is 10.5 Å². The Kier molecular flexibility index (Phi) is 6.72. The van der Waals surface area contributed by atoms with Gasteiger partial charge in [0.15, 0.2) is 6.10 Å². The predicted octanol–water partition coefficient (Wildman–Crippen LogP) is 2.00. The highest BCUT2D eigenvalue weighted by atomic mass is 19.4. The van der Waals surface area contributed by atoms with E-state index < -0.39 is 52.1 Å². The number of amides is 2. The summed E-state index contributed by atoms with van der Waals surface area (Å²) in [5.41, 5.74) is 3.32. The molecule has 0 aliphatic heterocycles. The number of hydrogen-bond donors (Lipinski definition) is 3. The Hall–Kier alpha value is -3.54. The molecule has 2 aromatic carbocycles.